The second-order valence-corrected chi connectivity index (χ2v) is 7.13. The van der Waals surface area contributed by atoms with Gasteiger partial charge in [0.25, 0.3) is 0 Å². The van der Waals surface area contributed by atoms with Crippen LogP contribution < -0.4 is 9.47 Å². The number of rotatable bonds is 3. The molecular formula is C18H21N3O4. The van der Waals surface area contributed by atoms with E-state index in [1.165, 1.54) is 5.56 Å². The van der Waals surface area contributed by atoms with Gasteiger partial charge in [-0.3, -0.25) is 4.90 Å². The highest BCUT2D eigenvalue weighted by Gasteiger charge is 2.43. The van der Waals surface area contributed by atoms with E-state index in [4.69, 9.17) is 18.7 Å². The lowest BCUT2D eigenvalue weighted by Gasteiger charge is -2.30. The summed E-state index contributed by atoms with van der Waals surface area (Å²) in [6.07, 6.45) is 0. The van der Waals surface area contributed by atoms with Crippen LogP contribution in [0.4, 0.5) is 0 Å². The molecule has 25 heavy (non-hydrogen) atoms. The van der Waals surface area contributed by atoms with Gasteiger partial charge in [-0.2, -0.15) is 4.98 Å². The van der Waals surface area contributed by atoms with E-state index >= 15 is 0 Å². The van der Waals surface area contributed by atoms with Crippen molar-refractivity contribution in [3.05, 3.63) is 35.5 Å². The molecule has 0 bridgehead atoms. The molecule has 2 fully saturated rings. The number of hydrogen-bond acceptors (Lipinski definition) is 7. The number of nitrogens with zero attached hydrogens (tertiary/aromatic N) is 3. The number of ether oxygens (including phenoxy) is 3. The normalized spacial score (nSPS) is 28.3. The molecule has 132 valence electrons. The minimum atomic E-state index is 0.196. The Morgan fingerprint density at radius 2 is 2.08 bits per heavy atom. The van der Waals surface area contributed by atoms with Crippen LogP contribution in [0.5, 0.6) is 11.5 Å². The minimum Gasteiger partial charge on any atom is -0.454 e. The van der Waals surface area contributed by atoms with Crippen molar-refractivity contribution < 1.29 is 18.7 Å². The zero-order valence-electron chi connectivity index (χ0n) is 14.2. The predicted molar refractivity (Wildman–Crippen MR) is 87.4 cm³/mol. The summed E-state index contributed by atoms with van der Waals surface area (Å²) < 4.78 is 22.1. The lowest BCUT2D eigenvalue weighted by atomic mass is 9.83. The van der Waals surface area contributed by atoms with Crippen molar-refractivity contribution in [1.29, 1.82) is 0 Å². The molecule has 2 aromatic rings. The van der Waals surface area contributed by atoms with E-state index in [1.807, 2.05) is 13.0 Å². The molecule has 0 radical (unpaired) electrons. The number of likely N-dealkylation sites (tertiary alicyclic amines) is 1. The van der Waals surface area contributed by atoms with Crippen molar-refractivity contribution in [2.45, 2.75) is 19.4 Å². The van der Waals surface area contributed by atoms with Crippen molar-refractivity contribution in [2.24, 2.45) is 11.8 Å². The average molecular weight is 343 g/mol. The predicted octanol–water partition coefficient (Wildman–Crippen LogP) is 1.97. The van der Waals surface area contributed by atoms with Gasteiger partial charge in [-0.15, -0.1) is 0 Å². The number of benzene rings is 1. The average Bonchev–Trinajstić information content (AvgIpc) is 3.32. The third-order valence-electron chi connectivity index (χ3n) is 5.42. The van der Waals surface area contributed by atoms with Crippen LogP contribution in [-0.4, -0.2) is 48.1 Å². The van der Waals surface area contributed by atoms with Crippen LogP contribution in [0.1, 0.15) is 23.2 Å². The Morgan fingerprint density at radius 3 is 2.96 bits per heavy atom. The Balaban J connectivity index is 1.31. The molecule has 2 saturated heterocycles. The zero-order valence-corrected chi connectivity index (χ0v) is 14.2. The number of fused-ring (bicyclic) bond motifs is 2. The van der Waals surface area contributed by atoms with Crippen LogP contribution in [0.2, 0.25) is 0 Å². The molecule has 0 saturated carbocycles. The summed E-state index contributed by atoms with van der Waals surface area (Å²) in [6, 6.07) is 6.19. The van der Waals surface area contributed by atoms with Crippen molar-refractivity contribution >= 4 is 0 Å². The maximum atomic E-state index is 5.83. The minimum absolute atomic E-state index is 0.196. The highest BCUT2D eigenvalue weighted by atomic mass is 16.7. The summed E-state index contributed by atoms with van der Waals surface area (Å²) in [6.45, 7) is 6.60. The van der Waals surface area contributed by atoms with E-state index in [9.17, 15) is 0 Å². The number of aryl methyl sites for hydroxylation is 1. The Hall–Kier alpha value is -2.12. The fourth-order valence-electron chi connectivity index (χ4n) is 4.24. The third kappa shape index (κ3) is 2.77. The molecule has 0 amide bonds. The van der Waals surface area contributed by atoms with Gasteiger partial charge in [0.15, 0.2) is 17.3 Å². The third-order valence-corrected chi connectivity index (χ3v) is 5.42. The van der Waals surface area contributed by atoms with Crippen molar-refractivity contribution in [3.8, 4) is 11.5 Å². The molecule has 7 heteroatoms. The lowest BCUT2D eigenvalue weighted by molar-refractivity contribution is 0.00991. The fourth-order valence-corrected chi connectivity index (χ4v) is 4.24. The van der Waals surface area contributed by atoms with Crippen LogP contribution in [0.3, 0.4) is 0 Å². The van der Waals surface area contributed by atoms with Gasteiger partial charge in [-0.1, -0.05) is 11.2 Å². The molecule has 3 atom stereocenters. The molecule has 7 nitrogen and oxygen atoms in total. The Morgan fingerprint density at radius 1 is 1.16 bits per heavy atom. The topological polar surface area (TPSA) is 69.9 Å². The van der Waals surface area contributed by atoms with Gasteiger partial charge < -0.3 is 18.7 Å². The van der Waals surface area contributed by atoms with E-state index < -0.39 is 0 Å². The van der Waals surface area contributed by atoms with Crippen molar-refractivity contribution in [2.75, 3.05) is 33.1 Å². The fraction of sp³-hybridized carbons (Fsp3) is 0.556. The van der Waals surface area contributed by atoms with Crippen LogP contribution in [0.25, 0.3) is 0 Å². The summed E-state index contributed by atoms with van der Waals surface area (Å²) in [5, 5.41) is 3.95. The Kier molecular flexibility index (Phi) is 3.64. The first-order valence-electron chi connectivity index (χ1n) is 8.75. The Labute approximate surface area is 145 Å². The van der Waals surface area contributed by atoms with E-state index in [2.05, 4.69) is 27.2 Å². The van der Waals surface area contributed by atoms with Crippen molar-refractivity contribution in [1.82, 2.24) is 15.0 Å². The van der Waals surface area contributed by atoms with Gasteiger partial charge in [0.2, 0.25) is 12.7 Å². The second-order valence-electron chi connectivity index (χ2n) is 7.13. The molecule has 5 rings (SSSR count). The van der Waals surface area contributed by atoms with Crippen LogP contribution in [-0.2, 0) is 11.3 Å². The van der Waals surface area contributed by atoms with Gasteiger partial charge in [-0.25, -0.2) is 0 Å². The van der Waals surface area contributed by atoms with Crippen LogP contribution in [0, 0.1) is 18.8 Å². The number of hydrogen-bond donors (Lipinski definition) is 0. The maximum absolute atomic E-state index is 5.83. The highest BCUT2D eigenvalue weighted by molar-refractivity contribution is 5.44. The van der Waals surface area contributed by atoms with Gasteiger partial charge in [0.05, 0.1) is 19.1 Å². The molecular weight excluding hydrogens is 322 g/mol. The molecule has 3 aliphatic heterocycles. The van der Waals surface area contributed by atoms with E-state index in [0.717, 1.165) is 43.6 Å². The molecule has 1 aromatic heterocycles. The largest absolute Gasteiger partial charge is 0.454 e. The second kappa shape index (κ2) is 6.00. The van der Waals surface area contributed by atoms with Gasteiger partial charge in [0, 0.05) is 19.6 Å². The Bertz CT molecular complexity index is 777. The maximum Gasteiger partial charge on any atom is 0.232 e. The summed E-state index contributed by atoms with van der Waals surface area (Å²) >= 11 is 0. The monoisotopic (exact) mass is 343 g/mol. The molecule has 1 aromatic carbocycles. The van der Waals surface area contributed by atoms with E-state index in [1.54, 1.807) is 0 Å². The zero-order chi connectivity index (χ0) is 16.8. The van der Waals surface area contributed by atoms with E-state index in [0.29, 0.717) is 31.1 Å². The van der Waals surface area contributed by atoms with Gasteiger partial charge in [0.1, 0.15) is 0 Å². The van der Waals surface area contributed by atoms with Crippen molar-refractivity contribution in [3.63, 3.8) is 0 Å². The molecule has 0 unspecified atom stereocenters. The summed E-state index contributed by atoms with van der Waals surface area (Å²) in [5.74, 6) is 4.30. The molecule has 0 spiro atoms. The SMILES string of the molecule is Cc1noc([C@H]2COC[C@H]3CN(Cc4ccc5c(c4)OCO5)C[C@H]32)n1. The molecule has 0 N–H and O–H groups in total. The quantitative estimate of drug-likeness (QED) is 0.844. The van der Waals surface area contributed by atoms with Gasteiger partial charge >= 0.3 is 0 Å². The lowest BCUT2D eigenvalue weighted by Crippen LogP contribution is -2.33. The standard InChI is InChI=1S/C18H21N3O4/c1-11-19-18(25-20-11)15-9-22-8-13-6-21(7-14(13)15)5-12-2-3-16-17(4-12)24-10-23-16/h2-4,13-15H,5-10H2,1H3/t13-,14-,15+/m1/s1. The first-order valence-corrected chi connectivity index (χ1v) is 8.75. The smallest absolute Gasteiger partial charge is 0.232 e. The molecule has 3 aliphatic rings. The summed E-state index contributed by atoms with van der Waals surface area (Å²) in [4.78, 5) is 6.92. The van der Waals surface area contributed by atoms with Gasteiger partial charge in [-0.05, 0) is 36.5 Å². The summed E-state index contributed by atoms with van der Waals surface area (Å²) in [7, 11) is 0. The van der Waals surface area contributed by atoms with Crippen LogP contribution in [0.15, 0.2) is 22.7 Å². The highest BCUT2D eigenvalue weighted by Crippen LogP contribution is 2.40. The molecule has 4 heterocycles. The first kappa shape index (κ1) is 15.2. The molecule has 0 aliphatic carbocycles. The first-order chi connectivity index (χ1) is 12.3. The summed E-state index contributed by atoms with van der Waals surface area (Å²) in [5.41, 5.74) is 1.24. The number of aromatic nitrogens is 2. The van der Waals surface area contributed by atoms with Crippen LogP contribution >= 0.6 is 0 Å². The van der Waals surface area contributed by atoms with E-state index in [-0.39, 0.29) is 5.92 Å².